The third-order valence-corrected chi connectivity index (χ3v) is 4.66. The topological polar surface area (TPSA) is 125 Å². The van der Waals surface area contributed by atoms with Crippen molar-refractivity contribution in [1.29, 1.82) is 0 Å². The Kier molecular flexibility index (Phi) is 5.22. The standard InChI is InChI=1S/C16H23NO7S/c1-16(2,3)24-15(20)17-11-7-8-23-12-9(11)5-6-10(14(18)19)13(12)25(4,21)22/h5-6,11,21-22H,7-8H2,1-4H3,(H,17,20)(H,18,19)/t11-/m0/s1. The minimum atomic E-state index is -3.35. The molecule has 1 atom stereocenters. The lowest BCUT2D eigenvalue weighted by atomic mass is 9.98. The Balaban J connectivity index is 2.42. The van der Waals surface area contributed by atoms with Crippen LogP contribution in [0.2, 0.25) is 0 Å². The fourth-order valence-electron chi connectivity index (χ4n) is 2.59. The second-order valence-electron chi connectivity index (χ2n) is 6.84. The quantitative estimate of drug-likeness (QED) is 0.639. The average molecular weight is 373 g/mol. The molecule has 8 nitrogen and oxygen atoms in total. The van der Waals surface area contributed by atoms with Crippen molar-refractivity contribution in [3.8, 4) is 5.75 Å². The number of nitrogens with one attached hydrogen (secondary N) is 1. The molecule has 1 heterocycles. The lowest BCUT2D eigenvalue weighted by Crippen LogP contribution is -2.37. The van der Waals surface area contributed by atoms with Crippen molar-refractivity contribution in [3.05, 3.63) is 23.3 Å². The molecule has 0 saturated carbocycles. The predicted molar refractivity (Wildman–Crippen MR) is 92.7 cm³/mol. The predicted octanol–water partition coefficient (Wildman–Crippen LogP) is 3.47. The lowest BCUT2D eigenvalue weighted by Gasteiger charge is -2.35. The van der Waals surface area contributed by atoms with E-state index in [1.165, 1.54) is 12.1 Å². The van der Waals surface area contributed by atoms with Gasteiger partial charge in [-0.3, -0.25) is 9.11 Å². The fraction of sp³-hybridized carbons (Fsp3) is 0.500. The van der Waals surface area contributed by atoms with Crippen molar-refractivity contribution >= 4 is 22.7 Å². The molecular formula is C16H23NO7S. The summed E-state index contributed by atoms with van der Waals surface area (Å²) in [5.41, 5.74) is -0.409. The van der Waals surface area contributed by atoms with Crippen LogP contribution >= 0.6 is 10.6 Å². The van der Waals surface area contributed by atoms with Gasteiger partial charge in [0.25, 0.3) is 0 Å². The van der Waals surface area contributed by atoms with Gasteiger partial charge < -0.3 is 19.9 Å². The van der Waals surface area contributed by atoms with Gasteiger partial charge in [0.1, 0.15) is 16.2 Å². The van der Waals surface area contributed by atoms with Gasteiger partial charge in [-0.05, 0) is 26.8 Å². The molecule has 0 aromatic heterocycles. The number of alkyl carbamates (subject to hydrolysis) is 1. The highest BCUT2D eigenvalue weighted by atomic mass is 32.3. The molecule has 1 aromatic carbocycles. The first-order chi connectivity index (χ1) is 11.4. The molecular weight excluding hydrogens is 350 g/mol. The summed E-state index contributed by atoms with van der Waals surface area (Å²) in [6.07, 6.45) is 0.974. The number of hydrogen-bond donors (Lipinski definition) is 4. The van der Waals surface area contributed by atoms with E-state index in [9.17, 15) is 23.8 Å². The third kappa shape index (κ3) is 4.56. The van der Waals surface area contributed by atoms with Gasteiger partial charge in [-0.2, -0.15) is 10.6 Å². The van der Waals surface area contributed by atoms with E-state index in [4.69, 9.17) is 9.47 Å². The van der Waals surface area contributed by atoms with Gasteiger partial charge in [-0.1, -0.05) is 6.07 Å². The largest absolute Gasteiger partial charge is 0.491 e. The first-order valence-corrected chi connectivity index (χ1v) is 9.61. The van der Waals surface area contributed by atoms with Gasteiger partial charge in [0.05, 0.1) is 18.2 Å². The summed E-state index contributed by atoms with van der Waals surface area (Å²) < 4.78 is 30.9. The summed E-state index contributed by atoms with van der Waals surface area (Å²) >= 11 is 0. The molecule has 0 aliphatic carbocycles. The monoisotopic (exact) mass is 373 g/mol. The van der Waals surface area contributed by atoms with E-state index in [0.717, 1.165) is 6.26 Å². The lowest BCUT2D eigenvalue weighted by molar-refractivity contribution is 0.0489. The zero-order valence-electron chi connectivity index (χ0n) is 14.5. The zero-order valence-corrected chi connectivity index (χ0v) is 15.3. The van der Waals surface area contributed by atoms with Crippen LogP contribution in [-0.2, 0) is 4.74 Å². The summed E-state index contributed by atoms with van der Waals surface area (Å²) in [5.74, 6) is -1.19. The molecule has 4 N–H and O–H groups in total. The number of carboxylic acids is 1. The molecule has 1 aliphatic heterocycles. The summed E-state index contributed by atoms with van der Waals surface area (Å²) in [6.45, 7) is 5.43. The van der Waals surface area contributed by atoms with Crippen LogP contribution in [0, 0.1) is 0 Å². The highest BCUT2D eigenvalue weighted by Crippen LogP contribution is 2.54. The number of fused-ring (bicyclic) bond motifs is 1. The Hall–Kier alpha value is -1.97. The Morgan fingerprint density at radius 1 is 1.32 bits per heavy atom. The molecule has 25 heavy (non-hydrogen) atoms. The average Bonchev–Trinajstić information content (AvgIpc) is 2.43. The van der Waals surface area contributed by atoms with Crippen LogP contribution in [0.15, 0.2) is 17.0 Å². The molecule has 140 valence electrons. The molecule has 1 aliphatic rings. The number of amides is 1. The van der Waals surface area contributed by atoms with E-state index < -0.39 is 34.3 Å². The molecule has 0 fully saturated rings. The molecule has 1 aromatic rings. The maximum absolute atomic E-state index is 12.0. The van der Waals surface area contributed by atoms with Crippen LogP contribution in [0.25, 0.3) is 0 Å². The molecule has 0 spiro atoms. The van der Waals surface area contributed by atoms with Gasteiger partial charge in [0.15, 0.2) is 0 Å². The Bertz CT molecular complexity index is 691. The SMILES string of the molecule is CC(C)(C)OC(=O)N[C@H]1CCOc2c1ccc(C(=O)O)c2S(C)(O)O. The summed E-state index contributed by atoms with van der Waals surface area (Å²) in [7, 11) is -3.35. The number of carbonyl (C=O) groups is 2. The van der Waals surface area contributed by atoms with Gasteiger partial charge in [0.2, 0.25) is 0 Å². The number of carboxylic acid groups (broad SMARTS) is 1. The second kappa shape index (κ2) is 6.74. The molecule has 9 heteroatoms. The molecule has 2 rings (SSSR count). The summed E-state index contributed by atoms with van der Waals surface area (Å²) in [5, 5.41) is 12.0. The Morgan fingerprint density at radius 3 is 2.48 bits per heavy atom. The van der Waals surface area contributed by atoms with Crippen molar-refractivity contribution in [2.45, 2.75) is 43.7 Å². The van der Waals surface area contributed by atoms with Crippen LogP contribution in [0.3, 0.4) is 0 Å². The minimum Gasteiger partial charge on any atom is -0.491 e. The molecule has 0 radical (unpaired) electrons. The molecule has 0 saturated heterocycles. The van der Waals surface area contributed by atoms with Crippen LogP contribution in [0.1, 0.15) is 49.2 Å². The van der Waals surface area contributed by atoms with Crippen LogP contribution < -0.4 is 10.1 Å². The molecule has 0 bridgehead atoms. The van der Waals surface area contributed by atoms with Crippen molar-refractivity contribution < 1.29 is 33.3 Å². The zero-order chi connectivity index (χ0) is 19.0. The van der Waals surface area contributed by atoms with Gasteiger partial charge in [-0.25, -0.2) is 9.59 Å². The highest BCUT2D eigenvalue weighted by molar-refractivity contribution is 8.23. The number of hydrogen-bond acceptors (Lipinski definition) is 6. The van der Waals surface area contributed by atoms with E-state index in [1.807, 2.05) is 0 Å². The third-order valence-electron chi connectivity index (χ3n) is 3.48. The first kappa shape index (κ1) is 19.4. The maximum Gasteiger partial charge on any atom is 0.408 e. The number of carbonyl (C=O) groups excluding carboxylic acids is 1. The number of aromatic carboxylic acids is 1. The van der Waals surface area contributed by atoms with E-state index in [2.05, 4.69) is 5.32 Å². The van der Waals surface area contributed by atoms with Gasteiger partial charge in [-0.15, -0.1) is 0 Å². The van der Waals surface area contributed by atoms with Crippen LogP contribution in [0.5, 0.6) is 5.75 Å². The first-order valence-electron chi connectivity index (χ1n) is 7.66. The summed E-state index contributed by atoms with van der Waals surface area (Å²) in [6, 6.07) is 2.31. The van der Waals surface area contributed by atoms with Crippen LogP contribution in [-0.4, -0.2) is 44.7 Å². The smallest absolute Gasteiger partial charge is 0.408 e. The summed E-state index contributed by atoms with van der Waals surface area (Å²) in [4.78, 5) is 23.3. The van der Waals surface area contributed by atoms with E-state index in [1.54, 1.807) is 20.8 Å². The number of benzene rings is 1. The van der Waals surface area contributed by atoms with Crippen molar-refractivity contribution in [3.63, 3.8) is 0 Å². The highest BCUT2D eigenvalue weighted by Gasteiger charge is 2.33. The Morgan fingerprint density at radius 2 is 1.96 bits per heavy atom. The van der Waals surface area contributed by atoms with E-state index in [-0.39, 0.29) is 22.8 Å². The van der Waals surface area contributed by atoms with Gasteiger partial charge in [0, 0.05) is 18.2 Å². The second-order valence-corrected chi connectivity index (χ2v) is 8.91. The fourth-order valence-corrected chi connectivity index (χ4v) is 3.69. The Labute approximate surface area is 147 Å². The van der Waals surface area contributed by atoms with E-state index >= 15 is 0 Å². The number of rotatable bonds is 3. The van der Waals surface area contributed by atoms with Crippen LogP contribution in [0.4, 0.5) is 4.79 Å². The maximum atomic E-state index is 12.0. The van der Waals surface area contributed by atoms with E-state index in [0.29, 0.717) is 12.0 Å². The normalized spacial score (nSPS) is 17.9. The van der Waals surface area contributed by atoms with Gasteiger partial charge >= 0.3 is 12.1 Å². The molecule has 1 amide bonds. The van der Waals surface area contributed by atoms with Crippen molar-refractivity contribution in [2.75, 3.05) is 12.9 Å². The number of ether oxygens (including phenoxy) is 2. The van der Waals surface area contributed by atoms with Crippen molar-refractivity contribution in [1.82, 2.24) is 5.32 Å². The minimum absolute atomic E-state index is 0.0923. The van der Waals surface area contributed by atoms with Crippen molar-refractivity contribution in [2.24, 2.45) is 0 Å². The molecule has 0 unspecified atom stereocenters.